The molecule has 4 heteroatoms. The predicted octanol–water partition coefficient (Wildman–Crippen LogP) is 0.766. The Morgan fingerprint density at radius 3 is 2.88 bits per heavy atom. The van der Waals surface area contributed by atoms with E-state index < -0.39 is 0 Å². The molecule has 0 bridgehead atoms. The molecule has 1 N–H and O–H groups in total. The largest absolute Gasteiger partial charge is 0.380 e. The van der Waals surface area contributed by atoms with E-state index in [1.165, 1.54) is 12.8 Å². The molecule has 16 heavy (non-hydrogen) atoms. The van der Waals surface area contributed by atoms with Gasteiger partial charge in [0, 0.05) is 25.2 Å². The maximum Gasteiger partial charge on any atom is 0.236 e. The topological polar surface area (TPSA) is 41.6 Å². The van der Waals surface area contributed by atoms with Crippen LogP contribution in [0.2, 0.25) is 0 Å². The van der Waals surface area contributed by atoms with Gasteiger partial charge in [-0.3, -0.25) is 4.79 Å². The molecule has 0 aromatic heterocycles. The number of hydrogen-bond donors (Lipinski definition) is 1. The van der Waals surface area contributed by atoms with Gasteiger partial charge in [0.1, 0.15) is 0 Å². The van der Waals surface area contributed by atoms with Crippen LogP contribution in [0.3, 0.4) is 0 Å². The van der Waals surface area contributed by atoms with Crippen LogP contribution >= 0.6 is 0 Å². The van der Waals surface area contributed by atoms with Gasteiger partial charge in [-0.2, -0.15) is 0 Å². The van der Waals surface area contributed by atoms with Crippen molar-refractivity contribution in [3.8, 4) is 0 Å². The lowest BCUT2D eigenvalue weighted by atomic mass is 9.95. The highest BCUT2D eigenvalue weighted by molar-refractivity contribution is 5.78. The Morgan fingerprint density at radius 1 is 1.56 bits per heavy atom. The molecule has 1 aliphatic heterocycles. The summed E-state index contributed by atoms with van der Waals surface area (Å²) in [4.78, 5) is 13.7. The summed E-state index contributed by atoms with van der Waals surface area (Å²) in [6.07, 6.45) is 4.51. The second kappa shape index (κ2) is 4.72. The Morgan fingerprint density at radius 2 is 2.31 bits per heavy atom. The van der Waals surface area contributed by atoms with Crippen molar-refractivity contribution < 1.29 is 9.53 Å². The van der Waals surface area contributed by atoms with Gasteiger partial charge in [-0.25, -0.2) is 0 Å². The average Bonchev–Trinajstić information content (AvgIpc) is 3.10. The molecule has 0 aromatic carbocycles. The van der Waals surface area contributed by atoms with Crippen LogP contribution in [0.1, 0.15) is 32.6 Å². The van der Waals surface area contributed by atoms with Crippen molar-refractivity contribution in [3.63, 3.8) is 0 Å². The third-order valence-corrected chi connectivity index (χ3v) is 3.59. The highest BCUT2D eigenvalue weighted by Crippen LogP contribution is 2.25. The highest BCUT2D eigenvalue weighted by atomic mass is 16.5. The third-order valence-electron chi connectivity index (χ3n) is 3.59. The van der Waals surface area contributed by atoms with E-state index in [1.807, 2.05) is 11.9 Å². The first-order valence-corrected chi connectivity index (χ1v) is 6.19. The minimum absolute atomic E-state index is 0.0156. The molecule has 1 amide bonds. The van der Waals surface area contributed by atoms with Crippen molar-refractivity contribution in [1.29, 1.82) is 0 Å². The van der Waals surface area contributed by atoms with Crippen LogP contribution in [-0.4, -0.2) is 49.2 Å². The van der Waals surface area contributed by atoms with Gasteiger partial charge in [0.25, 0.3) is 0 Å². The molecule has 1 aliphatic carbocycles. The lowest BCUT2D eigenvalue weighted by Gasteiger charge is -2.34. The van der Waals surface area contributed by atoms with Gasteiger partial charge in [-0.15, -0.1) is 0 Å². The Kier molecular flexibility index (Phi) is 3.50. The summed E-state index contributed by atoms with van der Waals surface area (Å²) in [6.45, 7) is 4.14. The zero-order valence-corrected chi connectivity index (χ0v) is 10.3. The van der Waals surface area contributed by atoms with E-state index >= 15 is 0 Å². The van der Waals surface area contributed by atoms with Gasteiger partial charge in [0.05, 0.1) is 13.2 Å². The number of rotatable bonds is 4. The van der Waals surface area contributed by atoms with Crippen LogP contribution in [0.25, 0.3) is 0 Å². The van der Waals surface area contributed by atoms with Crippen molar-refractivity contribution >= 4 is 5.91 Å². The number of hydrogen-bond acceptors (Lipinski definition) is 3. The molecule has 1 saturated carbocycles. The van der Waals surface area contributed by atoms with E-state index in [9.17, 15) is 4.79 Å². The molecule has 92 valence electrons. The van der Waals surface area contributed by atoms with E-state index in [-0.39, 0.29) is 11.4 Å². The van der Waals surface area contributed by atoms with E-state index in [0.717, 1.165) is 19.4 Å². The average molecular weight is 226 g/mol. The minimum atomic E-state index is -0.0156. The predicted molar refractivity (Wildman–Crippen MR) is 62.3 cm³/mol. The first kappa shape index (κ1) is 11.9. The first-order chi connectivity index (χ1) is 7.61. The monoisotopic (exact) mass is 226 g/mol. The second-order valence-corrected chi connectivity index (χ2v) is 5.31. The molecular weight excluding hydrogens is 204 g/mol. The number of likely N-dealkylation sites (N-methyl/N-ethyl adjacent to an activating group) is 1. The van der Waals surface area contributed by atoms with Crippen LogP contribution in [0.4, 0.5) is 0 Å². The molecule has 0 spiro atoms. The van der Waals surface area contributed by atoms with E-state index in [0.29, 0.717) is 19.2 Å². The molecule has 0 radical (unpaired) electrons. The molecule has 1 saturated heterocycles. The number of nitrogens with zero attached hydrogens (tertiary/aromatic N) is 1. The summed E-state index contributed by atoms with van der Waals surface area (Å²) in [5.74, 6) is 0.203. The fourth-order valence-corrected chi connectivity index (χ4v) is 2.15. The molecule has 1 atom stereocenters. The van der Waals surface area contributed by atoms with Crippen LogP contribution < -0.4 is 5.32 Å². The van der Waals surface area contributed by atoms with Crippen LogP contribution in [0.15, 0.2) is 0 Å². The zero-order valence-electron chi connectivity index (χ0n) is 10.3. The van der Waals surface area contributed by atoms with Crippen molar-refractivity contribution in [1.82, 2.24) is 10.2 Å². The van der Waals surface area contributed by atoms with Gasteiger partial charge in [0.2, 0.25) is 5.91 Å². The SMILES string of the molecule is CN(C(=O)CNC1(C)CCCOC1)C1CC1. The Balaban J connectivity index is 1.74. The van der Waals surface area contributed by atoms with E-state index in [2.05, 4.69) is 12.2 Å². The molecule has 1 heterocycles. The van der Waals surface area contributed by atoms with Crippen LogP contribution in [0.5, 0.6) is 0 Å². The quantitative estimate of drug-likeness (QED) is 0.769. The number of nitrogens with one attached hydrogen (secondary N) is 1. The van der Waals surface area contributed by atoms with E-state index in [4.69, 9.17) is 4.74 Å². The highest BCUT2D eigenvalue weighted by Gasteiger charge is 2.31. The van der Waals surface area contributed by atoms with Crippen LogP contribution in [0, 0.1) is 0 Å². The fourth-order valence-electron chi connectivity index (χ4n) is 2.15. The summed E-state index contributed by atoms with van der Waals surface area (Å²) in [6, 6.07) is 0.504. The third kappa shape index (κ3) is 2.95. The van der Waals surface area contributed by atoms with Crippen LogP contribution in [-0.2, 0) is 9.53 Å². The van der Waals surface area contributed by atoms with Crippen molar-refractivity contribution in [3.05, 3.63) is 0 Å². The molecular formula is C12H22N2O2. The number of carbonyl (C=O) groups excluding carboxylic acids is 1. The standard InChI is InChI=1S/C12H22N2O2/c1-12(6-3-7-16-9-12)13-8-11(15)14(2)10-4-5-10/h10,13H,3-9H2,1-2H3. The van der Waals surface area contributed by atoms with Gasteiger partial charge >= 0.3 is 0 Å². The normalized spacial score (nSPS) is 30.1. The van der Waals surface area contributed by atoms with Gasteiger partial charge in [-0.1, -0.05) is 0 Å². The lowest BCUT2D eigenvalue weighted by Crippen LogP contribution is -2.52. The Bertz CT molecular complexity index is 258. The van der Waals surface area contributed by atoms with E-state index in [1.54, 1.807) is 0 Å². The Labute approximate surface area is 97.3 Å². The number of amides is 1. The fraction of sp³-hybridized carbons (Fsp3) is 0.917. The van der Waals surface area contributed by atoms with Gasteiger partial charge < -0.3 is 15.0 Å². The van der Waals surface area contributed by atoms with Crippen molar-refractivity contribution in [2.24, 2.45) is 0 Å². The minimum Gasteiger partial charge on any atom is -0.380 e. The number of carbonyl (C=O) groups is 1. The maximum atomic E-state index is 11.8. The summed E-state index contributed by atoms with van der Waals surface area (Å²) < 4.78 is 5.45. The summed E-state index contributed by atoms with van der Waals surface area (Å²) in [7, 11) is 1.90. The first-order valence-electron chi connectivity index (χ1n) is 6.19. The smallest absolute Gasteiger partial charge is 0.236 e. The molecule has 2 fully saturated rings. The summed E-state index contributed by atoms with van der Waals surface area (Å²) >= 11 is 0. The van der Waals surface area contributed by atoms with Gasteiger partial charge in [0.15, 0.2) is 0 Å². The molecule has 2 aliphatic rings. The molecule has 4 nitrogen and oxygen atoms in total. The molecule has 2 rings (SSSR count). The number of ether oxygens (including phenoxy) is 1. The lowest BCUT2D eigenvalue weighted by molar-refractivity contribution is -0.130. The maximum absolute atomic E-state index is 11.8. The Hall–Kier alpha value is -0.610. The zero-order chi connectivity index (χ0) is 11.6. The molecule has 0 aromatic rings. The van der Waals surface area contributed by atoms with Gasteiger partial charge in [-0.05, 0) is 32.6 Å². The van der Waals surface area contributed by atoms with Crippen molar-refractivity contribution in [2.45, 2.75) is 44.2 Å². The summed E-state index contributed by atoms with van der Waals surface area (Å²) in [5, 5.41) is 3.35. The second-order valence-electron chi connectivity index (χ2n) is 5.31. The molecule has 1 unspecified atom stereocenters. The van der Waals surface area contributed by atoms with Crippen molar-refractivity contribution in [2.75, 3.05) is 26.8 Å². The summed E-state index contributed by atoms with van der Waals surface area (Å²) in [5.41, 5.74) is -0.0156.